The van der Waals surface area contributed by atoms with Crippen LogP contribution in [0.25, 0.3) is 22.0 Å². The number of para-hydroxylation sites is 1. The van der Waals surface area contributed by atoms with E-state index >= 15 is 9.18 Å². The lowest BCUT2D eigenvalue weighted by molar-refractivity contribution is -0.137. The zero-order valence-corrected chi connectivity index (χ0v) is 27.5. The van der Waals surface area contributed by atoms with Crippen LogP contribution in [0.1, 0.15) is 74.8 Å². The molecular weight excluding hydrogens is 710 g/mol. The Bertz CT molecular complexity index is 3480. The van der Waals surface area contributed by atoms with Crippen molar-refractivity contribution < 1.29 is 71.2 Å². The molecule has 0 bridgehead atoms. The number of pyridine rings is 1. The molecule has 2 heterocycles. The fourth-order valence-corrected chi connectivity index (χ4v) is 5.40. The third-order valence-electron chi connectivity index (χ3n) is 7.01. The minimum Gasteiger partial charge on any atom is -0.383 e. The summed E-state index contributed by atoms with van der Waals surface area (Å²) in [4.78, 5) is 28.6. The van der Waals surface area contributed by atoms with Crippen molar-refractivity contribution in [1.82, 2.24) is 14.4 Å². The minimum atomic E-state index is -5.54. The number of carbonyl (C=O) groups excluding carboxylic acids is 1. The first-order valence-corrected chi connectivity index (χ1v) is 15.7. The number of nitrogens with zero attached hydrogens (tertiary/aromatic N) is 3. The van der Waals surface area contributed by atoms with Crippen molar-refractivity contribution in [3.8, 4) is 11.1 Å². The number of thioether (sulfide) groups is 1. The van der Waals surface area contributed by atoms with E-state index in [-0.39, 0.29) is 21.2 Å². The van der Waals surface area contributed by atoms with Gasteiger partial charge in [0.2, 0.25) is 5.91 Å². The van der Waals surface area contributed by atoms with Crippen LogP contribution >= 0.6 is 11.8 Å². The third-order valence-corrected chi connectivity index (χ3v) is 8.04. The number of benzene rings is 4. The molecule has 0 atom stereocenters. The van der Waals surface area contributed by atoms with E-state index in [2.05, 4.69) is 4.74 Å². The Morgan fingerprint density at radius 1 is 1.02 bits per heavy atom. The van der Waals surface area contributed by atoms with Crippen LogP contribution in [0.2, 0.25) is 0 Å². The highest BCUT2D eigenvalue weighted by Crippen LogP contribution is 2.32. The first-order chi connectivity index (χ1) is 37.0. The van der Waals surface area contributed by atoms with Gasteiger partial charge >= 0.3 is 6.18 Å². The molecule has 4 aromatic carbocycles. The van der Waals surface area contributed by atoms with Crippen molar-refractivity contribution in [2.45, 2.75) is 55.7 Å². The second kappa shape index (κ2) is 16.7. The number of halogens is 5. The molecule has 1 amide bonds. The number of carbonyl (C=O) groups is 1. The van der Waals surface area contributed by atoms with E-state index in [1.165, 1.54) is 0 Å². The van der Waals surface area contributed by atoms with Crippen LogP contribution in [-0.2, 0) is 34.5 Å². The number of ether oxygens (including phenoxy) is 1. The number of amides is 1. The third kappa shape index (κ3) is 9.00. The maximum absolute atomic E-state index is 15.8. The molecule has 1 aromatic heterocycles. The minimum absolute atomic E-state index is 0.0383. The highest BCUT2D eigenvalue weighted by molar-refractivity contribution is 7.98. The molecule has 0 radical (unpaired) electrons. The second-order valence-electron chi connectivity index (χ2n) is 10.5. The number of likely N-dealkylation sites (tertiary alicyclic amines) is 1. The van der Waals surface area contributed by atoms with Gasteiger partial charge < -0.3 is 19.1 Å². The lowest BCUT2D eigenvalue weighted by Gasteiger charge is -2.39. The van der Waals surface area contributed by atoms with Crippen molar-refractivity contribution in [2.75, 3.05) is 33.2 Å². The van der Waals surface area contributed by atoms with Crippen molar-refractivity contribution in [2.24, 2.45) is 0 Å². The van der Waals surface area contributed by atoms with Crippen LogP contribution in [0.15, 0.2) is 100 Å². The number of alkyl halides is 3. The van der Waals surface area contributed by atoms with E-state index in [1.807, 2.05) is 0 Å². The number of piperidine rings is 1. The van der Waals surface area contributed by atoms with Gasteiger partial charge in [0.1, 0.15) is 6.54 Å². The van der Waals surface area contributed by atoms with Crippen molar-refractivity contribution in [3.63, 3.8) is 0 Å². The molecular formula is C41H40F5N3O3S. The molecule has 53 heavy (non-hydrogen) atoms. The molecule has 0 aliphatic carbocycles. The topological polar surface area (TPSA) is 54.8 Å². The van der Waals surface area contributed by atoms with Crippen molar-refractivity contribution in [3.05, 3.63) is 135 Å². The number of rotatable bonds is 12. The predicted molar refractivity (Wildman–Crippen MR) is 198 cm³/mol. The Kier molecular flexibility index (Phi) is 5.05. The SMILES string of the molecule is [2H]c1c([2H])c(F)c(F)c(CSc2c([2H])c(=O)c3c([2H])c([2H])c([2H])c([2H])c3n2CC(=O)N(C([2H])([2H])c2c([2H])c([2H])c(-c3c([2H])c([2H])c(C(F)(F)F)c([2H])c3[2H])c([2H])c2C)C2([2H])C([2H])([2H])C([2H])([2H])N(CCOC([2H])([2H])[2H])C([2H])([2H])C2([2H])[2H])c1[2H]. The van der Waals surface area contributed by atoms with Crippen LogP contribution in [0.3, 0.4) is 0 Å². The van der Waals surface area contributed by atoms with Gasteiger partial charge in [0, 0.05) is 72.8 Å². The van der Waals surface area contributed by atoms with Gasteiger partial charge in [-0.3, -0.25) is 9.59 Å². The Morgan fingerprint density at radius 2 is 1.75 bits per heavy atom. The summed E-state index contributed by atoms with van der Waals surface area (Å²) in [5.41, 5.74) is -11.2. The van der Waals surface area contributed by atoms with Crippen LogP contribution < -0.4 is 5.43 Å². The van der Waals surface area contributed by atoms with E-state index in [4.69, 9.17) is 30.2 Å². The second-order valence-corrected chi connectivity index (χ2v) is 11.5. The standard InChI is InChI=1S/C41H40F5N3O3S/c1-27-22-29(28-12-14-32(15-13-28)41(44,45)46)10-11-30(27)24-48(33-16-18-47(19-17-33)20-21-52-2)38(51)25-49-36-9-4-3-7-34(36)37(50)23-39(49)53-26-31-6-5-8-35(42)40(31)43/h3-15,22-23,33H,16-21,24-26H2,1-2H3/i2D3,3D,4D,5D,6D,7D,8D,9D,10D,11D,12D,13D,14D,15D,16D2,17D2,18D2,19D2,22D,23D,24D2,33D. The summed E-state index contributed by atoms with van der Waals surface area (Å²) < 4.78 is 329. The van der Waals surface area contributed by atoms with E-state index in [0.717, 1.165) is 0 Å². The smallest absolute Gasteiger partial charge is 0.383 e. The summed E-state index contributed by atoms with van der Waals surface area (Å²) in [7, 11) is -3.31. The number of fused-ring (bicyclic) bond motifs is 1. The fraction of sp³-hybridized carbons (Fsp3) is 0.317. The highest BCUT2D eigenvalue weighted by atomic mass is 32.2. The molecule has 0 N–H and O–H groups in total. The Labute approximate surface area is 349 Å². The van der Waals surface area contributed by atoms with E-state index in [0.29, 0.717) is 6.92 Å². The van der Waals surface area contributed by atoms with Gasteiger partial charge in [0.25, 0.3) is 0 Å². The van der Waals surface area contributed by atoms with Crippen LogP contribution in [0.5, 0.6) is 0 Å². The summed E-state index contributed by atoms with van der Waals surface area (Å²) in [6.45, 7) is -17.2. The zero-order chi connectivity index (χ0) is 63.1. The van der Waals surface area contributed by atoms with Gasteiger partial charge in [-0.2, -0.15) is 13.2 Å². The average molecular weight is 779 g/mol. The Morgan fingerprint density at radius 3 is 2.49 bits per heavy atom. The fourth-order valence-electron chi connectivity index (χ4n) is 4.45. The zero-order valence-electron chi connectivity index (χ0n) is 55.7. The summed E-state index contributed by atoms with van der Waals surface area (Å²) >= 11 is -0.0383. The normalized spacial score (nSPS) is 26.9. The molecule has 278 valence electrons. The summed E-state index contributed by atoms with van der Waals surface area (Å²) in [6.07, 6.45) is -14.9. The molecule has 1 fully saturated rings. The summed E-state index contributed by atoms with van der Waals surface area (Å²) in [5.74, 6) is -7.50. The average Bonchev–Trinajstić information content (AvgIpc) is 1.30. The van der Waals surface area contributed by atoms with Gasteiger partial charge in [-0.25, -0.2) is 8.78 Å². The number of hydrogen-bond acceptors (Lipinski definition) is 5. The largest absolute Gasteiger partial charge is 0.416 e. The van der Waals surface area contributed by atoms with Crippen LogP contribution in [0.4, 0.5) is 22.0 Å². The Balaban J connectivity index is 1.77. The van der Waals surface area contributed by atoms with Crippen molar-refractivity contribution >= 4 is 28.6 Å². The van der Waals surface area contributed by atoms with Crippen LogP contribution in [0, 0.1) is 18.6 Å². The molecule has 6 nitrogen and oxygen atoms in total. The molecule has 0 unspecified atom stereocenters. The highest BCUT2D eigenvalue weighted by Gasteiger charge is 2.31. The predicted octanol–water partition coefficient (Wildman–Crippen LogP) is 8.71. The van der Waals surface area contributed by atoms with Gasteiger partial charge in [-0.1, -0.05) is 54.4 Å². The molecule has 1 aliphatic rings. The van der Waals surface area contributed by atoms with Crippen molar-refractivity contribution in [1.29, 1.82) is 0 Å². The quantitative estimate of drug-likeness (QED) is 0.0938. The number of aromatic nitrogens is 1. The molecule has 1 saturated heterocycles. The summed E-state index contributed by atoms with van der Waals surface area (Å²) in [5, 5.41) is -2.27. The molecule has 6 rings (SSSR count). The van der Waals surface area contributed by atoms with Crippen LogP contribution in [-0.4, -0.2) is 59.5 Å². The van der Waals surface area contributed by atoms with E-state index < -0.39 is 245 Å². The van der Waals surface area contributed by atoms with Gasteiger partial charge in [0.15, 0.2) is 17.1 Å². The lowest BCUT2D eigenvalue weighted by atomic mass is 9.97. The number of methoxy groups -OCH3 is 1. The first-order valence-electron chi connectivity index (χ1n) is 29.2. The van der Waals surface area contributed by atoms with Gasteiger partial charge in [-0.15, -0.1) is 11.8 Å². The molecule has 12 heteroatoms. The maximum Gasteiger partial charge on any atom is 0.416 e. The lowest BCUT2D eigenvalue weighted by Crippen LogP contribution is -2.48. The van der Waals surface area contributed by atoms with Gasteiger partial charge in [-0.05, 0) is 72.1 Å². The summed E-state index contributed by atoms with van der Waals surface area (Å²) in [6, 6.07) is -26.4. The van der Waals surface area contributed by atoms with E-state index in [1.54, 1.807) is 0 Å². The number of hydrogen-bond donors (Lipinski definition) is 0. The Hall–Kier alpha value is -4.52. The molecule has 5 aromatic rings. The monoisotopic (exact) mass is 778 g/mol. The molecule has 1 aliphatic heterocycles. The van der Waals surface area contributed by atoms with E-state index in [9.17, 15) is 32.0 Å². The van der Waals surface area contributed by atoms with Gasteiger partial charge in [0.05, 0.1) is 51.5 Å². The molecule has 0 spiro atoms. The first kappa shape index (κ1) is 16.1. The maximum atomic E-state index is 15.8. The molecule has 0 saturated carbocycles.